The molecule has 2 rings (SSSR count). The van der Waals surface area contributed by atoms with Gasteiger partial charge in [-0.05, 0) is 40.2 Å². The topological polar surface area (TPSA) is 97.1 Å². The maximum atomic E-state index is 12.2. The van der Waals surface area contributed by atoms with Gasteiger partial charge < -0.3 is 16.4 Å². The number of primary amides is 1. The van der Waals surface area contributed by atoms with E-state index < -0.39 is 11.9 Å². The van der Waals surface area contributed by atoms with E-state index in [1.807, 2.05) is 0 Å². The Kier molecular flexibility index (Phi) is 4.77. The first-order chi connectivity index (χ1) is 9.95. The van der Waals surface area contributed by atoms with Crippen LogP contribution in [0.1, 0.15) is 10.4 Å². The van der Waals surface area contributed by atoms with E-state index >= 15 is 0 Å². The second kappa shape index (κ2) is 6.55. The Bertz CT molecular complexity index is 708. The van der Waals surface area contributed by atoms with Crippen molar-refractivity contribution < 1.29 is 9.59 Å². The third-order valence-electron chi connectivity index (χ3n) is 2.44. The quantitative estimate of drug-likeness (QED) is 0.724. The minimum Gasteiger partial charge on any atom is -0.351 e. The van der Waals surface area contributed by atoms with Gasteiger partial charge in [-0.1, -0.05) is 17.7 Å². The molecule has 0 atom stereocenters. The van der Waals surface area contributed by atoms with E-state index in [0.29, 0.717) is 15.8 Å². The third-order valence-corrected chi connectivity index (χ3v) is 3.17. The number of nitrogens with zero attached hydrogens (tertiary/aromatic N) is 1. The lowest BCUT2D eigenvalue weighted by atomic mass is 10.2. The molecule has 2 aromatic rings. The number of benzene rings is 1. The number of hydrogen-bond donors (Lipinski definition) is 3. The Balaban J connectivity index is 2.19. The third kappa shape index (κ3) is 4.17. The van der Waals surface area contributed by atoms with Crippen molar-refractivity contribution in [3.8, 4) is 0 Å². The Morgan fingerprint density at radius 1 is 1.19 bits per heavy atom. The molecule has 0 aliphatic heterocycles. The average molecular weight is 370 g/mol. The number of halogens is 2. The second-order valence-electron chi connectivity index (χ2n) is 4.02. The summed E-state index contributed by atoms with van der Waals surface area (Å²) in [6.07, 6.45) is 1.50. The highest BCUT2D eigenvalue weighted by Crippen LogP contribution is 2.21. The summed E-state index contributed by atoms with van der Waals surface area (Å²) in [6, 6.07) is 7.44. The van der Waals surface area contributed by atoms with Crippen LogP contribution in [0.2, 0.25) is 5.15 Å². The van der Waals surface area contributed by atoms with E-state index in [2.05, 4.69) is 31.5 Å². The molecule has 1 aromatic carbocycles. The van der Waals surface area contributed by atoms with Gasteiger partial charge in [-0.2, -0.15) is 0 Å². The summed E-state index contributed by atoms with van der Waals surface area (Å²) in [6.45, 7) is 0. The predicted molar refractivity (Wildman–Crippen MR) is 84.5 cm³/mol. The first kappa shape index (κ1) is 15.3. The molecule has 0 radical (unpaired) electrons. The molecule has 6 nitrogen and oxygen atoms in total. The Labute approximate surface area is 133 Å². The van der Waals surface area contributed by atoms with Crippen LogP contribution in [-0.2, 0) is 0 Å². The van der Waals surface area contributed by atoms with Crippen molar-refractivity contribution in [1.82, 2.24) is 4.98 Å². The molecular formula is C13H10BrClN4O2. The molecule has 3 amide bonds. The van der Waals surface area contributed by atoms with Crippen molar-refractivity contribution >= 4 is 50.8 Å². The van der Waals surface area contributed by atoms with Crippen molar-refractivity contribution in [3.05, 3.63) is 51.7 Å². The lowest BCUT2D eigenvalue weighted by Crippen LogP contribution is -2.19. The molecule has 0 fully saturated rings. The first-order valence-corrected chi connectivity index (χ1v) is 6.92. The minimum atomic E-state index is -0.683. The summed E-state index contributed by atoms with van der Waals surface area (Å²) in [7, 11) is 0. The van der Waals surface area contributed by atoms with Gasteiger partial charge in [-0.25, -0.2) is 9.78 Å². The maximum absolute atomic E-state index is 12.2. The van der Waals surface area contributed by atoms with E-state index in [4.69, 9.17) is 17.3 Å². The minimum absolute atomic E-state index is 0.0992. The van der Waals surface area contributed by atoms with Crippen LogP contribution >= 0.6 is 27.5 Å². The van der Waals surface area contributed by atoms with Gasteiger partial charge in [-0.15, -0.1) is 0 Å². The van der Waals surface area contributed by atoms with Crippen LogP contribution in [0.15, 0.2) is 41.0 Å². The van der Waals surface area contributed by atoms with E-state index in [1.54, 1.807) is 30.3 Å². The van der Waals surface area contributed by atoms with E-state index in [0.717, 1.165) is 0 Å². The lowest BCUT2D eigenvalue weighted by Gasteiger charge is -2.08. The molecular weight excluding hydrogens is 360 g/mol. The number of carbonyl (C=O) groups is 2. The van der Waals surface area contributed by atoms with Crippen molar-refractivity contribution in [2.75, 3.05) is 10.6 Å². The van der Waals surface area contributed by atoms with Gasteiger partial charge in [0.25, 0.3) is 5.91 Å². The molecule has 4 N–H and O–H groups in total. The fourth-order valence-electron chi connectivity index (χ4n) is 1.60. The van der Waals surface area contributed by atoms with Crippen LogP contribution in [0.4, 0.5) is 16.2 Å². The van der Waals surface area contributed by atoms with Crippen LogP contribution in [0, 0.1) is 0 Å². The number of hydrogen-bond acceptors (Lipinski definition) is 3. The van der Waals surface area contributed by atoms with Crippen LogP contribution in [0.3, 0.4) is 0 Å². The molecule has 1 heterocycles. The molecule has 108 valence electrons. The predicted octanol–water partition coefficient (Wildman–Crippen LogP) is 3.24. The molecule has 1 aromatic heterocycles. The number of amides is 3. The number of carbonyl (C=O) groups excluding carboxylic acids is 2. The lowest BCUT2D eigenvalue weighted by molar-refractivity contribution is 0.102. The van der Waals surface area contributed by atoms with E-state index in [-0.39, 0.29) is 10.7 Å². The van der Waals surface area contributed by atoms with Gasteiger partial charge in [0.1, 0.15) is 5.15 Å². The van der Waals surface area contributed by atoms with Gasteiger partial charge in [0.2, 0.25) is 0 Å². The Morgan fingerprint density at radius 2 is 1.86 bits per heavy atom. The fourth-order valence-corrected chi connectivity index (χ4v) is 2.12. The molecule has 0 unspecified atom stereocenters. The Morgan fingerprint density at radius 3 is 2.52 bits per heavy atom. The zero-order valence-corrected chi connectivity index (χ0v) is 12.9. The van der Waals surface area contributed by atoms with Gasteiger partial charge >= 0.3 is 6.03 Å². The van der Waals surface area contributed by atoms with Gasteiger partial charge in [0.05, 0.1) is 5.56 Å². The summed E-state index contributed by atoms with van der Waals surface area (Å²) in [5.41, 5.74) is 6.23. The molecule has 0 saturated carbocycles. The number of aromatic nitrogens is 1. The molecule has 21 heavy (non-hydrogen) atoms. The largest absolute Gasteiger partial charge is 0.351 e. The molecule has 8 heteroatoms. The van der Waals surface area contributed by atoms with Crippen LogP contribution in [0.25, 0.3) is 0 Å². The van der Waals surface area contributed by atoms with Gasteiger partial charge in [-0.3, -0.25) is 4.79 Å². The molecule has 0 aliphatic carbocycles. The SMILES string of the molecule is NC(=O)Nc1cccc(NC(=O)c2cc(Br)cnc2Cl)c1. The monoisotopic (exact) mass is 368 g/mol. The summed E-state index contributed by atoms with van der Waals surface area (Å²) >= 11 is 9.12. The molecule has 0 saturated heterocycles. The summed E-state index contributed by atoms with van der Waals surface area (Å²) in [5.74, 6) is -0.412. The van der Waals surface area contributed by atoms with Crippen molar-refractivity contribution in [2.45, 2.75) is 0 Å². The molecule has 0 aliphatic rings. The average Bonchev–Trinajstić information content (AvgIpc) is 2.41. The second-order valence-corrected chi connectivity index (χ2v) is 5.29. The zero-order chi connectivity index (χ0) is 15.4. The van der Waals surface area contributed by atoms with Crippen LogP contribution in [0.5, 0.6) is 0 Å². The standard InChI is InChI=1S/C13H10BrClN4O2/c14-7-4-10(11(15)17-6-7)12(20)18-8-2-1-3-9(5-8)19-13(16)21/h1-6H,(H,18,20)(H3,16,19,21). The van der Waals surface area contributed by atoms with Gasteiger partial charge in [0, 0.05) is 22.0 Å². The fraction of sp³-hybridized carbons (Fsp3) is 0. The van der Waals surface area contributed by atoms with Gasteiger partial charge in [0.15, 0.2) is 0 Å². The summed E-state index contributed by atoms with van der Waals surface area (Å²) in [4.78, 5) is 26.8. The van der Waals surface area contributed by atoms with Crippen LogP contribution in [-0.4, -0.2) is 16.9 Å². The van der Waals surface area contributed by atoms with Crippen molar-refractivity contribution in [3.63, 3.8) is 0 Å². The molecule has 0 spiro atoms. The van der Waals surface area contributed by atoms with E-state index in [9.17, 15) is 9.59 Å². The zero-order valence-electron chi connectivity index (χ0n) is 10.6. The normalized spacial score (nSPS) is 10.0. The number of pyridine rings is 1. The summed E-state index contributed by atoms with van der Waals surface area (Å²) < 4.78 is 0.640. The highest BCUT2D eigenvalue weighted by Gasteiger charge is 2.12. The molecule has 0 bridgehead atoms. The van der Waals surface area contributed by atoms with Crippen molar-refractivity contribution in [2.24, 2.45) is 5.73 Å². The number of anilines is 2. The first-order valence-electron chi connectivity index (χ1n) is 5.74. The van der Waals surface area contributed by atoms with E-state index in [1.165, 1.54) is 6.20 Å². The summed E-state index contributed by atoms with van der Waals surface area (Å²) in [5, 5.41) is 5.18. The van der Waals surface area contributed by atoms with Crippen molar-refractivity contribution in [1.29, 1.82) is 0 Å². The number of rotatable bonds is 3. The Hall–Kier alpha value is -2.12. The number of urea groups is 1. The number of nitrogens with two attached hydrogens (primary N) is 1. The highest BCUT2D eigenvalue weighted by molar-refractivity contribution is 9.10. The van der Waals surface area contributed by atoms with Crippen LogP contribution < -0.4 is 16.4 Å². The maximum Gasteiger partial charge on any atom is 0.316 e. The smallest absolute Gasteiger partial charge is 0.316 e. The number of nitrogens with one attached hydrogen (secondary N) is 2. The highest BCUT2D eigenvalue weighted by atomic mass is 79.9.